The molecule has 0 aliphatic rings. The average molecular weight is 453 g/mol. The summed E-state index contributed by atoms with van der Waals surface area (Å²) in [5.41, 5.74) is -2.22. The van der Waals surface area contributed by atoms with Gasteiger partial charge in [-0.05, 0) is 81.7 Å². The van der Waals surface area contributed by atoms with Gasteiger partial charge in [0.2, 0.25) is 0 Å². The van der Waals surface area contributed by atoms with Gasteiger partial charge in [0.1, 0.15) is 17.2 Å². The summed E-state index contributed by atoms with van der Waals surface area (Å²) in [4.78, 5) is 25.4. The number of nitrogens with one attached hydrogen (secondary N) is 1. The second-order valence-electron chi connectivity index (χ2n) is 8.57. The summed E-state index contributed by atoms with van der Waals surface area (Å²) in [6.07, 6.45) is 1.46. The van der Waals surface area contributed by atoms with Crippen LogP contribution in [0.4, 0.5) is 14.5 Å². The molecule has 3 rings (SSSR count). The van der Waals surface area contributed by atoms with Crippen LogP contribution >= 0.6 is 0 Å². The van der Waals surface area contributed by atoms with E-state index in [0.29, 0.717) is 5.69 Å². The Morgan fingerprint density at radius 2 is 1.73 bits per heavy atom. The summed E-state index contributed by atoms with van der Waals surface area (Å²) in [5, 5.41) is 12.6. The molecule has 3 aromatic rings. The van der Waals surface area contributed by atoms with Crippen molar-refractivity contribution in [3.05, 3.63) is 88.3 Å². The molecule has 33 heavy (non-hydrogen) atoms. The Labute approximate surface area is 191 Å². The summed E-state index contributed by atoms with van der Waals surface area (Å²) in [6.45, 7) is 6.52. The number of rotatable bonds is 7. The fourth-order valence-electron chi connectivity index (χ4n) is 2.73. The van der Waals surface area contributed by atoms with E-state index in [1.54, 1.807) is 27.7 Å². The van der Waals surface area contributed by atoms with Crippen molar-refractivity contribution in [1.29, 1.82) is 0 Å². The summed E-state index contributed by atoms with van der Waals surface area (Å²) in [5.74, 6) is -1.82. The van der Waals surface area contributed by atoms with Crippen molar-refractivity contribution < 1.29 is 23.3 Å². The number of aliphatic hydroxyl groups is 1. The SMILES string of the molecule is CC(C)(O)C(C)(C)O[B]c1ccc(NC(=O)c2cccn(-c3ccc(F)cc3)c2=O)cc1F. The monoisotopic (exact) mass is 453 g/mol. The molecule has 1 aromatic heterocycles. The van der Waals surface area contributed by atoms with Gasteiger partial charge in [-0.3, -0.25) is 14.2 Å². The number of benzene rings is 2. The number of aromatic nitrogens is 1. The first kappa shape index (κ1) is 24.3. The van der Waals surface area contributed by atoms with Crippen LogP contribution in [0.3, 0.4) is 0 Å². The standard InChI is InChI=1S/C24H24BF2N2O4/c1-23(2,32)24(3,4)33-25-19-12-9-16(14-20(19)27)28-21(30)18-6-5-13-29(22(18)31)17-10-7-15(26)8-11-17/h5-14,32H,1-4H3,(H,28,30). The van der Waals surface area contributed by atoms with E-state index in [9.17, 15) is 23.5 Å². The van der Waals surface area contributed by atoms with Gasteiger partial charge in [-0.15, -0.1) is 0 Å². The largest absolute Gasteiger partial charge is 0.427 e. The van der Waals surface area contributed by atoms with Crippen LogP contribution in [0.15, 0.2) is 65.6 Å². The second-order valence-corrected chi connectivity index (χ2v) is 8.57. The molecule has 6 nitrogen and oxygen atoms in total. The molecule has 0 spiro atoms. The molecule has 0 bridgehead atoms. The number of pyridine rings is 1. The third kappa shape index (κ3) is 5.56. The van der Waals surface area contributed by atoms with E-state index in [4.69, 9.17) is 4.65 Å². The first-order valence-corrected chi connectivity index (χ1v) is 10.2. The van der Waals surface area contributed by atoms with Crippen molar-refractivity contribution >= 4 is 24.5 Å². The minimum atomic E-state index is -1.16. The van der Waals surface area contributed by atoms with Crippen molar-refractivity contribution in [2.45, 2.75) is 38.9 Å². The topological polar surface area (TPSA) is 80.6 Å². The van der Waals surface area contributed by atoms with E-state index in [-0.39, 0.29) is 16.7 Å². The van der Waals surface area contributed by atoms with E-state index in [0.717, 1.165) is 6.07 Å². The Kier molecular flexibility index (Phi) is 6.85. The summed E-state index contributed by atoms with van der Waals surface area (Å²) in [7, 11) is 1.21. The molecule has 0 saturated carbocycles. The summed E-state index contributed by atoms with van der Waals surface area (Å²) < 4.78 is 34.5. The minimum absolute atomic E-state index is 0.128. The fourth-order valence-corrected chi connectivity index (χ4v) is 2.73. The highest BCUT2D eigenvalue weighted by Crippen LogP contribution is 2.24. The maximum Gasteiger partial charge on any atom is 0.333 e. The molecule has 0 aliphatic heterocycles. The quantitative estimate of drug-likeness (QED) is 0.539. The van der Waals surface area contributed by atoms with Crippen LogP contribution in [0.5, 0.6) is 0 Å². The molecule has 0 saturated heterocycles. The molecule has 171 valence electrons. The van der Waals surface area contributed by atoms with Crippen LogP contribution in [-0.2, 0) is 4.65 Å². The average Bonchev–Trinajstić information content (AvgIpc) is 2.73. The lowest BCUT2D eigenvalue weighted by Crippen LogP contribution is -2.49. The molecule has 0 unspecified atom stereocenters. The third-order valence-corrected chi connectivity index (χ3v) is 5.51. The number of halogens is 2. The fraction of sp³-hybridized carbons (Fsp3) is 0.250. The van der Waals surface area contributed by atoms with Gasteiger partial charge in [0.25, 0.3) is 11.5 Å². The maximum atomic E-state index is 14.6. The summed E-state index contributed by atoms with van der Waals surface area (Å²) >= 11 is 0. The molecular formula is C24H24BF2N2O4. The zero-order chi connectivity index (χ0) is 24.4. The zero-order valence-electron chi connectivity index (χ0n) is 18.7. The molecule has 1 heterocycles. The molecule has 1 radical (unpaired) electrons. The van der Waals surface area contributed by atoms with Crippen LogP contribution in [0, 0.1) is 11.6 Å². The Bertz CT molecular complexity index is 1220. The van der Waals surface area contributed by atoms with E-state index in [2.05, 4.69) is 5.32 Å². The van der Waals surface area contributed by atoms with Crippen molar-refractivity contribution in [3.63, 3.8) is 0 Å². The van der Waals surface area contributed by atoms with Gasteiger partial charge in [-0.25, -0.2) is 8.78 Å². The van der Waals surface area contributed by atoms with Gasteiger partial charge in [0.05, 0.1) is 11.2 Å². The molecule has 9 heteroatoms. The lowest BCUT2D eigenvalue weighted by atomic mass is 9.82. The number of hydrogen-bond donors (Lipinski definition) is 2. The van der Waals surface area contributed by atoms with Crippen LogP contribution < -0.4 is 16.3 Å². The van der Waals surface area contributed by atoms with Crippen molar-refractivity contribution in [2.24, 2.45) is 0 Å². The Hall–Kier alpha value is -3.30. The molecule has 0 atom stereocenters. The number of anilines is 1. The highest BCUT2D eigenvalue weighted by molar-refractivity contribution is 6.47. The predicted octanol–water partition coefficient (Wildman–Crippen LogP) is 3.18. The van der Waals surface area contributed by atoms with Crippen LogP contribution in [0.2, 0.25) is 0 Å². The Balaban J connectivity index is 1.76. The van der Waals surface area contributed by atoms with E-state index < -0.39 is 34.3 Å². The van der Waals surface area contributed by atoms with Gasteiger partial charge in [0.15, 0.2) is 0 Å². The van der Waals surface area contributed by atoms with E-state index in [1.165, 1.54) is 66.8 Å². The van der Waals surface area contributed by atoms with Gasteiger partial charge in [-0.1, -0.05) is 6.07 Å². The second kappa shape index (κ2) is 9.29. The van der Waals surface area contributed by atoms with Gasteiger partial charge < -0.3 is 15.1 Å². The van der Waals surface area contributed by atoms with E-state index >= 15 is 0 Å². The van der Waals surface area contributed by atoms with Crippen LogP contribution in [-0.4, -0.2) is 34.3 Å². The summed E-state index contributed by atoms with van der Waals surface area (Å²) in [6, 6.07) is 12.1. The van der Waals surface area contributed by atoms with E-state index in [1.807, 2.05) is 0 Å². The smallest absolute Gasteiger partial charge is 0.333 e. The lowest BCUT2D eigenvalue weighted by molar-refractivity contribution is -0.0893. The van der Waals surface area contributed by atoms with Crippen molar-refractivity contribution in [3.8, 4) is 5.69 Å². The molecule has 2 N–H and O–H groups in total. The minimum Gasteiger partial charge on any atom is -0.427 e. The van der Waals surface area contributed by atoms with Crippen LogP contribution in [0.25, 0.3) is 5.69 Å². The molecule has 2 aromatic carbocycles. The first-order chi connectivity index (χ1) is 15.4. The first-order valence-electron chi connectivity index (χ1n) is 10.2. The zero-order valence-corrected chi connectivity index (χ0v) is 18.7. The molecular weight excluding hydrogens is 429 g/mol. The maximum absolute atomic E-state index is 14.6. The normalized spacial score (nSPS) is 11.8. The van der Waals surface area contributed by atoms with Gasteiger partial charge >= 0.3 is 7.48 Å². The molecule has 0 fully saturated rings. The van der Waals surface area contributed by atoms with Crippen molar-refractivity contribution in [2.75, 3.05) is 5.32 Å². The third-order valence-electron chi connectivity index (χ3n) is 5.51. The highest BCUT2D eigenvalue weighted by Gasteiger charge is 2.36. The number of carbonyl (C=O) groups excluding carboxylic acids is 1. The Morgan fingerprint density at radius 1 is 1.06 bits per heavy atom. The molecule has 1 amide bonds. The number of carbonyl (C=O) groups is 1. The van der Waals surface area contributed by atoms with Gasteiger partial charge in [0, 0.05) is 17.6 Å². The van der Waals surface area contributed by atoms with Gasteiger partial charge in [-0.2, -0.15) is 0 Å². The number of hydrogen-bond acceptors (Lipinski definition) is 4. The van der Waals surface area contributed by atoms with Crippen molar-refractivity contribution in [1.82, 2.24) is 4.57 Å². The number of nitrogens with zero attached hydrogens (tertiary/aromatic N) is 1. The highest BCUT2D eigenvalue weighted by atomic mass is 19.1. The molecule has 0 aliphatic carbocycles. The van der Waals surface area contributed by atoms with Crippen LogP contribution in [0.1, 0.15) is 38.1 Å². The predicted molar refractivity (Wildman–Crippen MR) is 123 cm³/mol. The lowest BCUT2D eigenvalue weighted by Gasteiger charge is -2.37. The Morgan fingerprint density at radius 3 is 2.33 bits per heavy atom. The number of amides is 1.